The molecule has 0 aromatic carbocycles. The molecule has 20 heteroatoms. The molecule has 1 amide bonds. The lowest BCUT2D eigenvalue weighted by molar-refractivity contribution is -0.687. The minimum atomic E-state index is -1.75. The van der Waals surface area contributed by atoms with Crippen molar-refractivity contribution in [3.05, 3.63) is 64.9 Å². The van der Waals surface area contributed by atoms with Gasteiger partial charge in [-0.15, -0.1) is 23.1 Å². The number of carboxylic acids is 2. The van der Waals surface area contributed by atoms with Crippen LogP contribution >= 0.6 is 23.1 Å². The summed E-state index contributed by atoms with van der Waals surface area (Å²) in [5.41, 5.74) is 15.9. The number of amides is 1. The SMILES string of the molecule is CC(C)(O/N=C(\C(=O)C[C@@H]1C(=O)N2C(C(=O)O)=C(C[n+]3ccc4c(ccn4Cc4cc(N=C(N)N)no4)c3)CS[C@H]12)c1csc(N)n1)C(=O)O. The lowest BCUT2D eigenvalue weighted by Crippen LogP contribution is -2.62. The predicted octanol–water partition coefficient (Wildman–Crippen LogP) is 1.02. The molecule has 2 atom stereocenters. The normalized spacial score (nSPS) is 17.8. The molecule has 0 unspecified atom stereocenters. The highest BCUT2D eigenvalue weighted by atomic mass is 32.2. The Morgan fingerprint density at radius 2 is 2.02 bits per heavy atom. The van der Waals surface area contributed by atoms with Gasteiger partial charge in [0.2, 0.25) is 11.5 Å². The van der Waals surface area contributed by atoms with Crippen molar-refractivity contribution in [2.45, 2.75) is 44.3 Å². The Hall–Kier alpha value is -5.76. The Labute approximate surface area is 290 Å². The number of β-lactam (4-membered cyclic amide) rings is 1. The van der Waals surface area contributed by atoms with Crippen molar-refractivity contribution in [1.29, 1.82) is 0 Å². The quantitative estimate of drug-likeness (QED) is 0.0424. The molecule has 0 spiro atoms. The monoisotopic (exact) mass is 723 g/mol. The van der Waals surface area contributed by atoms with Gasteiger partial charge in [-0.25, -0.2) is 19.1 Å². The second-order valence-corrected chi connectivity index (χ2v) is 13.9. The summed E-state index contributed by atoms with van der Waals surface area (Å²) in [4.78, 5) is 65.3. The van der Waals surface area contributed by atoms with E-state index in [-0.39, 0.29) is 47.0 Å². The van der Waals surface area contributed by atoms with Crippen molar-refractivity contribution in [2.24, 2.45) is 27.5 Å². The fraction of sp³-hybridized carbons (Fsp3) is 0.300. The van der Waals surface area contributed by atoms with E-state index in [0.29, 0.717) is 23.6 Å². The van der Waals surface area contributed by atoms with E-state index in [1.807, 2.05) is 39.9 Å². The molecule has 1 fully saturated rings. The van der Waals surface area contributed by atoms with Crippen molar-refractivity contribution in [1.82, 2.24) is 19.6 Å². The summed E-state index contributed by atoms with van der Waals surface area (Å²) < 4.78 is 9.11. The van der Waals surface area contributed by atoms with Gasteiger partial charge in [-0.1, -0.05) is 10.3 Å². The molecular formula is C30H31N10O8S2+. The number of anilines is 1. The van der Waals surface area contributed by atoms with Crippen LogP contribution in [0.5, 0.6) is 0 Å². The molecule has 4 aromatic rings. The van der Waals surface area contributed by atoms with E-state index in [9.17, 15) is 29.4 Å². The molecule has 0 saturated carbocycles. The predicted molar refractivity (Wildman–Crippen MR) is 180 cm³/mol. The number of hydrogen-bond donors (Lipinski definition) is 5. The molecule has 260 valence electrons. The van der Waals surface area contributed by atoms with Crippen LogP contribution in [0.2, 0.25) is 0 Å². The number of carbonyl (C=O) groups is 4. The second-order valence-electron chi connectivity index (χ2n) is 11.9. The van der Waals surface area contributed by atoms with Crippen LogP contribution in [0.15, 0.2) is 68.1 Å². The maximum absolute atomic E-state index is 13.5. The van der Waals surface area contributed by atoms with Gasteiger partial charge in [-0.05, 0) is 19.9 Å². The first kappa shape index (κ1) is 34.1. The van der Waals surface area contributed by atoms with Crippen LogP contribution in [0.25, 0.3) is 10.9 Å². The number of thiazole rings is 1. The molecule has 2 aliphatic rings. The first-order valence-electron chi connectivity index (χ1n) is 14.9. The zero-order valence-electron chi connectivity index (χ0n) is 26.5. The lowest BCUT2D eigenvalue weighted by Gasteiger charge is -2.49. The minimum absolute atomic E-state index is 0.0753. The number of aliphatic imine (C=N–C) groups is 1. The lowest BCUT2D eigenvalue weighted by atomic mass is 9.89. The number of pyridine rings is 1. The van der Waals surface area contributed by atoms with Gasteiger partial charge >= 0.3 is 11.9 Å². The van der Waals surface area contributed by atoms with E-state index in [1.165, 1.54) is 35.9 Å². The third-order valence-corrected chi connectivity index (χ3v) is 10.0. The van der Waals surface area contributed by atoms with Gasteiger partial charge in [0, 0.05) is 41.5 Å². The van der Waals surface area contributed by atoms with Crippen LogP contribution in [-0.4, -0.2) is 81.8 Å². The maximum atomic E-state index is 13.5. The minimum Gasteiger partial charge on any atom is -0.478 e. The molecule has 18 nitrogen and oxygen atoms in total. The number of carboxylic acid groups (broad SMARTS) is 2. The van der Waals surface area contributed by atoms with Crippen LogP contribution in [0.3, 0.4) is 0 Å². The number of nitrogens with two attached hydrogens (primary N) is 3. The number of rotatable bonds is 13. The Bertz CT molecular complexity index is 2130. The molecule has 0 radical (unpaired) electrons. The molecule has 6 rings (SSSR count). The standard InChI is InChI=1S/C30H30N10O8S2/c1-30(2,27(45)46)48-37-22(18-13-50-29(33)34-18)20(41)8-17-24(42)40-23(26(43)44)15(12-49-25(17)40)10-38-5-4-19-14(9-38)3-6-39(19)11-16-7-21(36-47-16)35-28(31)32/h3-7,9,13,17,25H,8,10-12H2,1-2H3,(H7-,31,32,33,34,35,36,43,44,45,46)/p+1/b37-22-/t17-,25-/m1/s1. The van der Waals surface area contributed by atoms with Crippen molar-refractivity contribution in [3.63, 3.8) is 0 Å². The van der Waals surface area contributed by atoms with Crippen LogP contribution < -0.4 is 21.8 Å². The third kappa shape index (κ3) is 6.74. The number of guanidine groups is 1. The highest BCUT2D eigenvalue weighted by Crippen LogP contribution is 2.45. The van der Waals surface area contributed by atoms with E-state index >= 15 is 0 Å². The molecule has 1 saturated heterocycles. The third-order valence-electron chi connectivity index (χ3n) is 7.93. The maximum Gasteiger partial charge on any atom is 0.352 e. The number of hydrogen-bond acceptors (Lipinski definition) is 13. The molecule has 6 heterocycles. The van der Waals surface area contributed by atoms with Gasteiger partial charge in [0.1, 0.15) is 11.4 Å². The fourth-order valence-corrected chi connectivity index (χ4v) is 7.40. The van der Waals surface area contributed by atoms with E-state index < -0.39 is 40.5 Å². The smallest absolute Gasteiger partial charge is 0.352 e. The molecular weight excluding hydrogens is 693 g/mol. The number of oxime groups is 1. The van der Waals surface area contributed by atoms with Crippen molar-refractivity contribution in [2.75, 3.05) is 11.5 Å². The zero-order valence-corrected chi connectivity index (χ0v) is 28.2. The van der Waals surface area contributed by atoms with Gasteiger partial charge < -0.3 is 41.3 Å². The van der Waals surface area contributed by atoms with E-state index in [2.05, 4.69) is 20.3 Å². The molecule has 0 bridgehead atoms. The molecule has 2 aliphatic heterocycles. The fourth-order valence-electron chi connectivity index (χ4n) is 5.45. The summed E-state index contributed by atoms with van der Waals surface area (Å²) in [6, 6.07) is 5.42. The highest BCUT2D eigenvalue weighted by molar-refractivity contribution is 8.00. The summed E-state index contributed by atoms with van der Waals surface area (Å²) in [5.74, 6) is -3.60. The zero-order chi connectivity index (χ0) is 35.9. The molecule has 50 heavy (non-hydrogen) atoms. The van der Waals surface area contributed by atoms with Gasteiger partial charge in [0.15, 0.2) is 53.1 Å². The van der Waals surface area contributed by atoms with Gasteiger partial charge in [0.25, 0.3) is 0 Å². The van der Waals surface area contributed by atoms with E-state index in [0.717, 1.165) is 22.2 Å². The number of aliphatic carboxylic acids is 2. The number of nitrogen functional groups attached to an aromatic ring is 1. The van der Waals surface area contributed by atoms with Gasteiger partial charge in [-0.3, -0.25) is 14.5 Å². The summed E-state index contributed by atoms with van der Waals surface area (Å²) in [7, 11) is 0. The van der Waals surface area contributed by atoms with Crippen LogP contribution in [0.4, 0.5) is 10.9 Å². The van der Waals surface area contributed by atoms with Crippen LogP contribution in [0, 0.1) is 5.92 Å². The first-order valence-corrected chi connectivity index (χ1v) is 16.8. The summed E-state index contributed by atoms with van der Waals surface area (Å²) >= 11 is 2.40. The Balaban J connectivity index is 1.18. The van der Waals surface area contributed by atoms with Crippen LogP contribution in [0.1, 0.15) is 31.7 Å². The van der Waals surface area contributed by atoms with E-state index in [4.69, 9.17) is 26.6 Å². The van der Waals surface area contributed by atoms with Crippen LogP contribution in [-0.2, 0) is 37.1 Å². The van der Waals surface area contributed by atoms with Gasteiger partial charge in [-0.2, -0.15) is 4.99 Å². The Morgan fingerprint density at radius 1 is 1.24 bits per heavy atom. The number of thioether (sulfide) groups is 1. The average molecular weight is 724 g/mol. The average Bonchev–Trinajstić information content (AvgIpc) is 3.79. The molecule has 0 aliphatic carbocycles. The van der Waals surface area contributed by atoms with Crippen molar-refractivity contribution < 1.29 is 43.3 Å². The number of Topliss-reactive ketones (excluding diaryl/α,β-unsaturated/α-hetero) is 1. The summed E-state index contributed by atoms with van der Waals surface area (Å²) in [6.07, 6.45) is 5.24. The van der Waals surface area contributed by atoms with Crippen molar-refractivity contribution >= 4 is 80.3 Å². The van der Waals surface area contributed by atoms with Crippen molar-refractivity contribution in [3.8, 4) is 0 Å². The highest BCUT2D eigenvalue weighted by Gasteiger charge is 2.54. The Morgan fingerprint density at radius 3 is 2.70 bits per heavy atom. The van der Waals surface area contributed by atoms with E-state index in [1.54, 1.807) is 6.07 Å². The number of fused-ring (bicyclic) bond motifs is 2. The largest absolute Gasteiger partial charge is 0.478 e. The Kier molecular flexibility index (Phi) is 9.06. The topological polar surface area (TPSA) is 272 Å². The number of carbonyl (C=O) groups excluding carboxylic acids is 2. The number of nitrogens with zero attached hydrogens (tertiary/aromatic N) is 7. The summed E-state index contributed by atoms with van der Waals surface area (Å²) in [6.45, 7) is 3.10. The number of ketones is 1. The first-order chi connectivity index (χ1) is 23.7. The number of aromatic nitrogens is 4. The molecule has 4 aromatic heterocycles. The second kappa shape index (κ2) is 13.3. The summed E-state index contributed by atoms with van der Waals surface area (Å²) in [5, 5.41) is 29.1. The van der Waals surface area contributed by atoms with Gasteiger partial charge in [0.05, 0.1) is 28.7 Å². The molecule has 8 N–H and O–H groups in total.